The van der Waals surface area contributed by atoms with Gasteiger partial charge < -0.3 is 14.6 Å². The highest BCUT2D eigenvalue weighted by Crippen LogP contribution is 2.54. The molecule has 1 aromatic carbocycles. The summed E-state index contributed by atoms with van der Waals surface area (Å²) in [7, 11) is 4.24. The molecule has 2 aliphatic carbocycles. The van der Waals surface area contributed by atoms with E-state index in [2.05, 4.69) is 15.9 Å². The van der Waals surface area contributed by atoms with E-state index in [4.69, 9.17) is 9.47 Å². The van der Waals surface area contributed by atoms with Crippen LogP contribution in [0, 0.1) is 0 Å². The molecule has 0 amide bonds. The monoisotopic (exact) mass is 529 g/mol. The van der Waals surface area contributed by atoms with E-state index in [0.29, 0.717) is 11.1 Å². The number of allylic oxidation sites excluding steroid dienone is 6. The number of Topliss-reactive ketones (excluding diaryl/α,β-unsaturated/α-hetero) is 1. The normalized spacial score (nSPS) is 21.4. The number of ether oxygens (including phenoxy) is 2. The molecule has 0 saturated carbocycles. The number of hydrogen-bond acceptors (Lipinski definition) is 7. The van der Waals surface area contributed by atoms with Crippen LogP contribution in [0.25, 0.3) is 0 Å². The Morgan fingerprint density at radius 3 is 2.32 bits per heavy atom. The Labute approximate surface area is 201 Å². The van der Waals surface area contributed by atoms with Crippen molar-refractivity contribution in [3.05, 3.63) is 72.0 Å². The third-order valence-corrected chi connectivity index (χ3v) is 7.20. The van der Waals surface area contributed by atoms with Crippen LogP contribution in [0.3, 0.4) is 0 Å². The van der Waals surface area contributed by atoms with Crippen LogP contribution in [0.4, 0.5) is 0 Å². The molecule has 5 rings (SSSR count). The first kappa shape index (κ1) is 22.2. The topological polar surface area (TPSA) is 122 Å². The number of hydrogen-bond donors (Lipinski definition) is 1. The lowest BCUT2D eigenvalue weighted by Gasteiger charge is -2.40. The maximum absolute atomic E-state index is 13.3. The molecule has 0 saturated heterocycles. The quantitative estimate of drug-likeness (QED) is 0.471. The number of halogens is 1. The van der Waals surface area contributed by atoms with Crippen molar-refractivity contribution >= 4 is 27.5 Å². The molecule has 11 heteroatoms. The fourth-order valence-electron chi connectivity index (χ4n) is 5.13. The van der Waals surface area contributed by atoms with Crippen LogP contribution in [0.2, 0.25) is 0 Å². The standard InChI is InChI=1S/C23H20BrN3O7/c1-25-22(31)26-5-4-11-14(27(26)23(25)32)8-12-18(15(29)9-13(24)21(12)30)19(11)20-16(33-2)6-10(28)7-17(20)34-3/h4,6-7,9,14,19,28H,5,8H2,1-3H3/t14-,19+/m1/s1. The van der Waals surface area contributed by atoms with Crippen LogP contribution in [0.5, 0.6) is 17.2 Å². The van der Waals surface area contributed by atoms with Gasteiger partial charge in [-0.2, -0.15) is 0 Å². The van der Waals surface area contributed by atoms with Crippen LogP contribution in [0.1, 0.15) is 23.9 Å². The minimum Gasteiger partial charge on any atom is -0.508 e. The number of carbonyl (C=O) groups excluding carboxylic acids is 2. The van der Waals surface area contributed by atoms with Gasteiger partial charge in [0, 0.05) is 54.3 Å². The molecule has 3 aliphatic rings. The van der Waals surface area contributed by atoms with Crippen LogP contribution < -0.4 is 20.9 Å². The number of fused-ring (bicyclic) bond motifs is 3. The summed E-state index contributed by atoms with van der Waals surface area (Å²) in [5, 5.41) is 10.2. The van der Waals surface area contributed by atoms with Crippen molar-refractivity contribution < 1.29 is 24.2 Å². The van der Waals surface area contributed by atoms with Gasteiger partial charge in [-0.3, -0.25) is 9.59 Å². The summed E-state index contributed by atoms with van der Waals surface area (Å²) in [5.41, 5.74) is 0.638. The molecule has 2 aromatic rings. The highest BCUT2D eigenvalue weighted by atomic mass is 79.9. The number of phenolic OH excluding ortho intramolecular Hbond substituents is 1. The Morgan fingerprint density at radius 2 is 1.71 bits per heavy atom. The number of aromatic hydroxyl groups is 1. The first-order valence-electron chi connectivity index (χ1n) is 10.4. The SMILES string of the molecule is COc1cc(O)cc(OC)c1[C@H]1C2=CCn3c(=O)n(C)c(=O)n3[C@@H]2CC2=C1C(=O)C=C(Br)C2=O. The fraction of sp³-hybridized carbons (Fsp3) is 0.304. The maximum atomic E-state index is 13.3. The first-order valence-corrected chi connectivity index (χ1v) is 11.2. The average Bonchev–Trinajstić information content (AvgIpc) is 3.04. The van der Waals surface area contributed by atoms with Gasteiger partial charge in [-0.05, 0) is 21.5 Å². The van der Waals surface area contributed by atoms with Gasteiger partial charge in [0.1, 0.15) is 17.2 Å². The second-order valence-corrected chi connectivity index (χ2v) is 9.10. The van der Waals surface area contributed by atoms with Crippen molar-refractivity contribution in [3.8, 4) is 17.2 Å². The predicted molar refractivity (Wildman–Crippen MR) is 124 cm³/mol. The summed E-state index contributed by atoms with van der Waals surface area (Å²) in [4.78, 5) is 52.1. The average molecular weight is 530 g/mol. The van der Waals surface area contributed by atoms with E-state index >= 15 is 0 Å². The minimum absolute atomic E-state index is 0.0667. The summed E-state index contributed by atoms with van der Waals surface area (Å²) < 4.78 is 14.9. The molecule has 1 aromatic heterocycles. The van der Waals surface area contributed by atoms with Crippen LogP contribution in [0.15, 0.2) is 55.1 Å². The van der Waals surface area contributed by atoms with Gasteiger partial charge >= 0.3 is 11.4 Å². The fourth-order valence-corrected chi connectivity index (χ4v) is 5.58. The van der Waals surface area contributed by atoms with Gasteiger partial charge in [0.25, 0.3) is 0 Å². The minimum atomic E-state index is -0.802. The molecule has 0 bridgehead atoms. The van der Waals surface area contributed by atoms with Gasteiger partial charge in [-0.1, -0.05) is 6.08 Å². The summed E-state index contributed by atoms with van der Waals surface area (Å²) in [6, 6.07) is 2.12. The largest absolute Gasteiger partial charge is 0.508 e. The number of rotatable bonds is 3. The summed E-state index contributed by atoms with van der Waals surface area (Å²) in [6.07, 6.45) is 3.11. The van der Waals surface area contributed by atoms with Crippen molar-refractivity contribution in [1.82, 2.24) is 13.9 Å². The lowest BCUT2D eigenvalue weighted by Crippen LogP contribution is -2.40. The van der Waals surface area contributed by atoms with Crippen molar-refractivity contribution in [2.45, 2.75) is 24.9 Å². The molecule has 1 aliphatic heterocycles. The molecule has 0 fully saturated rings. The molecule has 0 spiro atoms. The molecule has 1 N–H and O–H groups in total. The Bertz CT molecular complexity index is 1480. The maximum Gasteiger partial charge on any atom is 0.347 e. The smallest absolute Gasteiger partial charge is 0.347 e. The van der Waals surface area contributed by atoms with Gasteiger partial charge in [-0.25, -0.2) is 23.5 Å². The van der Waals surface area contributed by atoms with E-state index in [9.17, 15) is 24.3 Å². The van der Waals surface area contributed by atoms with Crippen molar-refractivity contribution in [2.75, 3.05) is 14.2 Å². The van der Waals surface area contributed by atoms with Crippen molar-refractivity contribution in [1.29, 1.82) is 0 Å². The zero-order chi connectivity index (χ0) is 24.5. The molecular formula is C23H20BrN3O7. The third-order valence-electron chi connectivity index (χ3n) is 6.61. The van der Waals surface area contributed by atoms with Gasteiger partial charge in [0.15, 0.2) is 11.6 Å². The van der Waals surface area contributed by atoms with Crippen LogP contribution in [-0.2, 0) is 23.2 Å². The first-order chi connectivity index (χ1) is 16.2. The highest BCUT2D eigenvalue weighted by Gasteiger charge is 2.46. The number of carbonyl (C=O) groups is 2. The van der Waals surface area contributed by atoms with Gasteiger partial charge in [0.05, 0.1) is 31.3 Å². The number of phenols is 1. The zero-order valence-corrected chi connectivity index (χ0v) is 20.1. The Balaban J connectivity index is 1.85. The second-order valence-electron chi connectivity index (χ2n) is 8.25. The number of aromatic nitrogens is 3. The lowest BCUT2D eigenvalue weighted by atomic mass is 9.68. The van der Waals surface area contributed by atoms with Crippen molar-refractivity contribution in [3.63, 3.8) is 0 Å². The molecule has 176 valence electrons. The van der Waals surface area contributed by atoms with E-state index in [-0.39, 0.29) is 57.4 Å². The molecular weight excluding hydrogens is 510 g/mol. The van der Waals surface area contributed by atoms with Gasteiger partial charge in [0.2, 0.25) is 0 Å². The van der Waals surface area contributed by atoms with Gasteiger partial charge in [-0.15, -0.1) is 0 Å². The third kappa shape index (κ3) is 2.92. The Hall–Kier alpha value is -3.60. The van der Waals surface area contributed by atoms with E-state index in [1.54, 1.807) is 6.08 Å². The Morgan fingerprint density at radius 1 is 1.06 bits per heavy atom. The molecule has 0 radical (unpaired) electrons. The molecule has 10 nitrogen and oxygen atoms in total. The highest BCUT2D eigenvalue weighted by molar-refractivity contribution is 9.12. The van der Waals surface area contributed by atoms with Crippen LogP contribution in [-0.4, -0.2) is 44.8 Å². The number of benzene rings is 1. The van der Waals surface area contributed by atoms with E-state index < -0.39 is 23.3 Å². The van der Waals surface area contributed by atoms with Crippen molar-refractivity contribution in [2.24, 2.45) is 7.05 Å². The van der Waals surface area contributed by atoms with Crippen LogP contribution >= 0.6 is 15.9 Å². The van der Waals surface area contributed by atoms with E-state index in [0.717, 1.165) is 4.57 Å². The predicted octanol–water partition coefficient (Wildman–Crippen LogP) is 1.47. The summed E-state index contributed by atoms with van der Waals surface area (Å²) >= 11 is 3.18. The number of methoxy groups -OCH3 is 2. The molecule has 34 heavy (non-hydrogen) atoms. The molecule has 2 heterocycles. The lowest BCUT2D eigenvalue weighted by molar-refractivity contribution is -0.115. The summed E-state index contributed by atoms with van der Waals surface area (Å²) in [5.74, 6) is -1.10. The number of ketones is 2. The molecule has 2 atom stereocenters. The van der Waals surface area contributed by atoms with E-state index in [1.165, 1.54) is 48.8 Å². The van der Waals surface area contributed by atoms with E-state index in [1.807, 2.05) is 0 Å². The molecule has 0 unspecified atom stereocenters. The number of nitrogens with zero attached hydrogens (tertiary/aromatic N) is 3. The Kier molecular flexibility index (Phi) is 5.05. The summed E-state index contributed by atoms with van der Waals surface area (Å²) in [6.45, 7) is 0.115. The second kappa shape index (κ2) is 7.73. The zero-order valence-electron chi connectivity index (χ0n) is 18.5.